The van der Waals surface area contributed by atoms with E-state index in [0.29, 0.717) is 44.4 Å². The molecule has 0 atom stereocenters. The van der Waals surface area contributed by atoms with E-state index in [-0.39, 0.29) is 18.4 Å². The monoisotopic (exact) mass is 398 g/mol. The van der Waals surface area contributed by atoms with E-state index in [1.165, 1.54) is 0 Å². The van der Waals surface area contributed by atoms with Crippen molar-refractivity contribution in [1.82, 2.24) is 15.0 Å². The van der Waals surface area contributed by atoms with Crippen molar-refractivity contribution in [1.29, 1.82) is 0 Å². The fourth-order valence-corrected chi connectivity index (χ4v) is 3.11. The average Bonchev–Trinajstić information content (AvgIpc) is 3.12. The van der Waals surface area contributed by atoms with Crippen LogP contribution in [0.2, 0.25) is 0 Å². The SMILES string of the molecule is CCOc1ccccc1/C=C/C(=O)N1CCN(CC(=O)Nc2cc(C)on2)CC1. The average molecular weight is 398 g/mol. The Morgan fingerprint density at radius 2 is 2.00 bits per heavy atom. The molecule has 1 fully saturated rings. The molecule has 2 aromatic rings. The summed E-state index contributed by atoms with van der Waals surface area (Å²) >= 11 is 0. The number of rotatable bonds is 7. The molecule has 1 N–H and O–H groups in total. The number of carbonyl (C=O) groups excluding carboxylic acids is 2. The Morgan fingerprint density at radius 1 is 1.24 bits per heavy atom. The number of ether oxygens (including phenoxy) is 1. The molecule has 0 aliphatic carbocycles. The van der Waals surface area contributed by atoms with Crippen molar-refractivity contribution in [2.45, 2.75) is 13.8 Å². The minimum atomic E-state index is -0.148. The number of aryl methyl sites for hydroxylation is 1. The number of piperazine rings is 1. The summed E-state index contributed by atoms with van der Waals surface area (Å²) in [6.07, 6.45) is 3.36. The number of hydrogen-bond acceptors (Lipinski definition) is 6. The number of carbonyl (C=O) groups is 2. The molecule has 0 spiro atoms. The summed E-state index contributed by atoms with van der Waals surface area (Å²) < 4.78 is 10.5. The molecule has 0 saturated carbocycles. The van der Waals surface area contributed by atoms with E-state index in [0.717, 1.165) is 11.3 Å². The molecule has 1 aromatic carbocycles. The second kappa shape index (κ2) is 9.88. The van der Waals surface area contributed by atoms with Gasteiger partial charge in [0.05, 0.1) is 13.2 Å². The summed E-state index contributed by atoms with van der Waals surface area (Å²) in [7, 11) is 0. The van der Waals surface area contributed by atoms with Gasteiger partial charge in [-0.15, -0.1) is 0 Å². The predicted octanol–water partition coefficient (Wildman–Crippen LogP) is 2.18. The topological polar surface area (TPSA) is 87.9 Å². The quantitative estimate of drug-likeness (QED) is 0.720. The van der Waals surface area contributed by atoms with Crippen LogP contribution in [0, 0.1) is 6.92 Å². The number of nitrogens with one attached hydrogen (secondary N) is 1. The molecule has 1 aliphatic rings. The molecule has 1 aliphatic heterocycles. The van der Waals surface area contributed by atoms with Gasteiger partial charge in [0.1, 0.15) is 11.5 Å². The fraction of sp³-hybridized carbons (Fsp3) is 0.381. The first-order valence-electron chi connectivity index (χ1n) is 9.69. The zero-order chi connectivity index (χ0) is 20.6. The highest BCUT2D eigenvalue weighted by molar-refractivity contribution is 5.92. The van der Waals surface area contributed by atoms with Gasteiger partial charge < -0.3 is 19.5 Å². The first-order chi connectivity index (χ1) is 14.0. The van der Waals surface area contributed by atoms with Gasteiger partial charge in [0.2, 0.25) is 11.8 Å². The van der Waals surface area contributed by atoms with E-state index in [1.807, 2.05) is 36.1 Å². The molecule has 154 valence electrons. The third-order valence-corrected chi connectivity index (χ3v) is 4.57. The van der Waals surface area contributed by atoms with Gasteiger partial charge in [-0.3, -0.25) is 14.5 Å². The number of hydrogen-bond donors (Lipinski definition) is 1. The maximum Gasteiger partial charge on any atom is 0.246 e. The van der Waals surface area contributed by atoms with Crippen LogP contribution in [0.15, 0.2) is 40.9 Å². The third kappa shape index (κ3) is 5.92. The standard InChI is InChI=1S/C21H26N4O4/c1-3-28-18-7-5-4-6-17(18)8-9-21(27)25-12-10-24(11-13-25)15-20(26)22-19-14-16(2)29-23-19/h4-9,14H,3,10-13,15H2,1-2H3,(H,22,23,26)/b9-8+. The first kappa shape index (κ1) is 20.6. The van der Waals surface area contributed by atoms with Crippen molar-refractivity contribution in [3.05, 3.63) is 47.7 Å². The molecule has 8 heteroatoms. The number of para-hydroxylation sites is 1. The van der Waals surface area contributed by atoms with Crippen molar-refractivity contribution >= 4 is 23.7 Å². The molecule has 1 saturated heterocycles. The van der Waals surface area contributed by atoms with Crippen LogP contribution in [-0.4, -0.2) is 66.1 Å². The third-order valence-electron chi connectivity index (χ3n) is 4.57. The summed E-state index contributed by atoms with van der Waals surface area (Å²) in [5.41, 5.74) is 0.876. The van der Waals surface area contributed by atoms with Crippen LogP contribution >= 0.6 is 0 Å². The van der Waals surface area contributed by atoms with Crippen molar-refractivity contribution in [2.75, 3.05) is 44.6 Å². The number of nitrogens with zero attached hydrogens (tertiary/aromatic N) is 3. The molecule has 2 heterocycles. The summed E-state index contributed by atoms with van der Waals surface area (Å²) in [6, 6.07) is 9.30. The summed E-state index contributed by atoms with van der Waals surface area (Å²) in [5.74, 6) is 1.63. The predicted molar refractivity (Wildman–Crippen MR) is 110 cm³/mol. The molecule has 0 unspecified atom stereocenters. The van der Waals surface area contributed by atoms with E-state index >= 15 is 0 Å². The zero-order valence-electron chi connectivity index (χ0n) is 16.8. The molecule has 0 bridgehead atoms. The number of amides is 2. The summed E-state index contributed by atoms with van der Waals surface area (Å²) in [4.78, 5) is 28.4. The molecule has 3 rings (SSSR count). The Kier molecular flexibility index (Phi) is 7.02. The van der Waals surface area contributed by atoms with E-state index in [2.05, 4.69) is 10.5 Å². The normalized spacial score (nSPS) is 14.9. The number of benzene rings is 1. The molecular weight excluding hydrogens is 372 g/mol. The Balaban J connectivity index is 1.46. The van der Waals surface area contributed by atoms with Crippen LogP contribution in [0.1, 0.15) is 18.2 Å². The van der Waals surface area contributed by atoms with Crippen molar-refractivity contribution in [3.8, 4) is 5.75 Å². The molecule has 1 aromatic heterocycles. The largest absolute Gasteiger partial charge is 0.493 e. The maximum absolute atomic E-state index is 12.5. The van der Waals surface area contributed by atoms with E-state index in [9.17, 15) is 9.59 Å². The van der Waals surface area contributed by atoms with E-state index < -0.39 is 0 Å². The van der Waals surface area contributed by atoms with Gasteiger partial charge in [-0.25, -0.2) is 0 Å². The van der Waals surface area contributed by atoms with Crippen molar-refractivity contribution in [3.63, 3.8) is 0 Å². The smallest absolute Gasteiger partial charge is 0.246 e. The second-order valence-electron chi connectivity index (χ2n) is 6.78. The molecule has 29 heavy (non-hydrogen) atoms. The number of anilines is 1. The van der Waals surface area contributed by atoms with Gasteiger partial charge in [0.15, 0.2) is 5.82 Å². The highest BCUT2D eigenvalue weighted by Crippen LogP contribution is 2.19. The van der Waals surface area contributed by atoms with Gasteiger partial charge in [-0.2, -0.15) is 0 Å². The lowest BCUT2D eigenvalue weighted by molar-refractivity contribution is -0.127. The zero-order valence-corrected chi connectivity index (χ0v) is 16.8. The van der Waals surface area contributed by atoms with Crippen LogP contribution in [-0.2, 0) is 9.59 Å². The number of aromatic nitrogens is 1. The Bertz CT molecular complexity index is 869. The minimum absolute atomic E-state index is 0.0431. The first-order valence-corrected chi connectivity index (χ1v) is 9.69. The molecule has 2 amide bonds. The van der Waals surface area contributed by atoms with Gasteiger partial charge in [0, 0.05) is 43.9 Å². The van der Waals surface area contributed by atoms with Crippen molar-refractivity contribution in [2.24, 2.45) is 0 Å². The van der Waals surface area contributed by atoms with Crippen LogP contribution in [0.3, 0.4) is 0 Å². The lowest BCUT2D eigenvalue weighted by Gasteiger charge is -2.33. The Morgan fingerprint density at radius 3 is 2.69 bits per heavy atom. The van der Waals surface area contributed by atoms with Gasteiger partial charge in [-0.1, -0.05) is 23.4 Å². The van der Waals surface area contributed by atoms with Crippen molar-refractivity contribution < 1.29 is 18.8 Å². The fourth-order valence-electron chi connectivity index (χ4n) is 3.11. The van der Waals surface area contributed by atoms with Gasteiger partial charge in [0.25, 0.3) is 0 Å². The van der Waals surface area contributed by atoms with Crippen LogP contribution < -0.4 is 10.1 Å². The van der Waals surface area contributed by atoms with E-state index in [1.54, 1.807) is 30.0 Å². The van der Waals surface area contributed by atoms with Crippen LogP contribution in [0.5, 0.6) is 5.75 Å². The Hall–Kier alpha value is -3.13. The lowest BCUT2D eigenvalue weighted by atomic mass is 10.2. The molecule has 8 nitrogen and oxygen atoms in total. The molecular formula is C21H26N4O4. The lowest BCUT2D eigenvalue weighted by Crippen LogP contribution is -2.50. The van der Waals surface area contributed by atoms with E-state index in [4.69, 9.17) is 9.26 Å². The maximum atomic E-state index is 12.5. The highest BCUT2D eigenvalue weighted by atomic mass is 16.5. The van der Waals surface area contributed by atoms with Crippen LogP contribution in [0.4, 0.5) is 5.82 Å². The second-order valence-corrected chi connectivity index (χ2v) is 6.78. The van der Waals surface area contributed by atoms with Gasteiger partial charge in [-0.05, 0) is 26.0 Å². The summed E-state index contributed by atoms with van der Waals surface area (Å²) in [6.45, 7) is 6.96. The minimum Gasteiger partial charge on any atom is -0.493 e. The Labute approximate surface area is 170 Å². The highest BCUT2D eigenvalue weighted by Gasteiger charge is 2.21. The molecule has 0 radical (unpaired) electrons. The van der Waals surface area contributed by atoms with Crippen LogP contribution in [0.25, 0.3) is 6.08 Å². The van der Waals surface area contributed by atoms with Gasteiger partial charge >= 0.3 is 0 Å². The summed E-state index contributed by atoms with van der Waals surface area (Å²) in [5, 5.41) is 6.46.